The van der Waals surface area contributed by atoms with Crippen LogP contribution < -0.4 is 0 Å². The van der Waals surface area contributed by atoms with Gasteiger partial charge < -0.3 is 4.74 Å². The first kappa shape index (κ1) is 15.6. The Morgan fingerprint density at radius 2 is 1.75 bits per heavy atom. The van der Waals surface area contributed by atoms with Crippen LogP contribution in [0.15, 0.2) is 24.3 Å². The van der Waals surface area contributed by atoms with E-state index in [1.54, 1.807) is 0 Å². The van der Waals surface area contributed by atoms with Gasteiger partial charge in [0.1, 0.15) is 0 Å². The van der Waals surface area contributed by atoms with Gasteiger partial charge in [-0.05, 0) is 41.7 Å². The summed E-state index contributed by atoms with van der Waals surface area (Å²) in [6.45, 7) is 11.0. The van der Waals surface area contributed by atoms with Crippen LogP contribution in [0.3, 0.4) is 0 Å². The molecule has 1 aromatic carbocycles. The molecule has 112 valence electrons. The van der Waals surface area contributed by atoms with E-state index < -0.39 is 0 Å². The highest BCUT2D eigenvalue weighted by molar-refractivity contribution is 5.24. The molecule has 0 spiro atoms. The second-order valence-electron chi connectivity index (χ2n) is 7.42. The summed E-state index contributed by atoms with van der Waals surface area (Å²) in [6.07, 6.45) is 6.90. The molecule has 1 fully saturated rings. The summed E-state index contributed by atoms with van der Waals surface area (Å²) in [6, 6.07) is 8.52. The van der Waals surface area contributed by atoms with Crippen LogP contribution in [0.5, 0.6) is 0 Å². The monoisotopic (exact) mass is 274 g/mol. The molecule has 1 aliphatic rings. The molecule has 1 nitrogen and oxygen atoms in total. The van der Waals surface area contributed by atoms with Gasteiger partial charge in [0.25, 0.3) is 0 Å². The van der Waals surface area contributed by atoms with Gasteiger partial charge in [0.05, 0.1) is 13.2 Å². The average molecular weight is 274 g/mol. The highest BCUT2D eigenvalue weighted by Crippen LogP contribution is 2.49. The molecule has 1 aliphatic carbocycles. The van der Waals surface area contributed by atoms with Crippen LogP contribution in [0.25, 0.3) is 0 Å². The fourth-order valence-electron chi connectivity index (χ4n) is 3.37. The Morgan fingerprint density at radius 3 is 2.40 bits per heavy atom. The third-order valence-corrected chi connectivity index (χ3v) is 5.57. The van der Waals surface area contributed by atoms with Gasteiger partial charge in [-0.1, -0.05) is 64.3 Å². The molecule has 1 saturated carbocycles. The van der Waals surface area contributed by atoms with Crippen LogP contribution in [-0.2, 0) is 11.3 Å². The van der Waals surface area contributed by atoms with Crippen LogP contribution in [0.4, 0.5) is 0 Å². The van der Waals surface area contributed by atoms with Crippen LogP contribution in [0.1, 0.15) is 64.0 Å². The third-order valence-electron chi connectivity index (χ3n) is 5.57. The fourth-order valence-corrected chi connectivity index (χ4v) is 3.37. The van der Waals surface area contributed by atoms with Crippen molar-refractivity contribution in [3.05, 3.63) is 35.4 Å². The van der Waals surface area contributed by atoms with E-state index in [0.29, 0.717) is 5.41 Å². The number of benzene rings is 1. The zero-order chi connectivity index (χ0) is 14.6. The molecule has 0 amide bonds. The van der Waals surface area contributed by atoms with Crippen LogP contribution in [0.2, 0.25) is 0 Å². The van der Waals surface area contributed by atoms with Crippen molar-refractivity contribution < 1.29 is 4.74 Å². The van der Waals surface area contributed by atoms with Crippen molar-refractivity contribution in [1.82, 2.24) is 0 Å². The molecule has 0 aromatic heterocycles. The molecule has 0 heterocycles. The molecular formula is C19H30O. The Labute approximate surface area is 124 Å². The van der Waals surface area contributed by atoms with Gasteiger partial charge in [-0.15, -0.1) is 0 Å². The van der Waals surface area contributed by atoms with Gasteiger partial charge in [-0.2, -0.15) is 0 Å². The lowest BCUT2D eigenvalue weighted by Crippen LogP contribution is -2.40. The SMILES string of the molecule is Cc1ccccc1COCC(C)(C)C1(C)CCCCC1. The molecule has 20 heavy (non-hydrogen) atoms. The molecular weight excluding hydrogens is 244 g/mol. The minimum atomic E-state index is 0.260. The fraction of sp³-hybridized carbons (Fsp3) is 0.684. The summed E-state index contributed by atoms with van der Waals surface area (Å²) in [4.78, 5) is 0. The highest BCUT2D eigenvalue weighted by Gasteiger charge is 2.41. The lowest BCUT2D eigenvalue weighted by atomic mass is 9.60. The number of hydrogen-bond acceptors (Lipinski definition) is 1. The van der Waals surface area contributed by atoms with E-state index in [2.05, 4.69) is 52.0 Å². The minimum Gasteiger partial charge on any atom is -0.376 e. The zero-order valence-electron chi connectivity index (χ0n) is 13.7. The Balaban J connectivity index is 1.90. The predicted molar refractivity (Wildman–Crippen MR) is 85.8 cm³/mol. The van der Waals surface area contributed by atoms with Crippen molar-refractivity contribution in [3.8, 4) is 0 Å². The maximum atomic E-state index is 6.08. The molecule has 2 rings (SSSR count). The summed E-state index contributed by atoms with van der Waals surface area (Å²) >= 11 is 0. The van der Waals surface area contributed by atoms with Crippen LogP contribution >= 0.6 is 0 Å². The van der Waals surface area contributed by atoms with E-state index in [9.17, 15) is 0 Å². The Kier molecular flexibility index (Phi) is 4.90. The molecule has 1 aromatic rings. The standard InChI is InChI=1S/C19H30O/c1-16-10-6-7-11-17(16)14-20-15-18(2,3)19(4)12-8-5-9-13-19/h6-7,10-11H,5,8-9,12-15H2,1-4H3. The summed E-state index contributed by atoms with van der Waals surface area (Å²) in [5.74, 6) is 0. The average Bonchev–Trinajstić information content (AvgIpc) is 2.41. The number of ether oxygens (including phenoxy) is 1. The normalized spacial score (nSPS) is 19.0. The van der Waals surface area contributed by atoms with Crippen molar-refractivity contribution in [2.24, 2.45) is 10.8 Å². The molecule has 0 aliphatic heterocycles. The predicted octanol–water partition coefficient (Wildman–Crippen LogP) is 5.51. The second-order valence-corrected chi connectivity index (χ2v) is 7.42. The summed E-state index contributed by atoms with van der Waals surface area (Å²) in [5.41, 5.74) is 3.35. The van der Waals surface area contributed by atoms with E-state index in [1.165, 1.54) is 43.2 Å². The van der Waals surface area contributed by atoms with E-state index in [1.807, 2.05) is 0 Å². The summed E-state index contributed by atoms with van der Waals surface area (Å²) < 4.78 is 6.08. The maximum absolute atomic E-state index is 6.08. The van der Waals surface area contributed by atoms with Crippen molar-refractivity contribution in [2.45, 2.75) is 66.4 Å². The molecule has 0 radical (unpaired) electrons. The largest absolute Gasteiger partial charge is 0.376 e. The first-order chi connectivity index (χ1) is 9.45. The van der Waals surface area contributed by atoms with Crippen molar-refractivity contribution >= 4 is 0 Å². The second kappa shape index (κ2) is 6.30. The Bertz CT molecular complexity index is 427. The van der Waals surface area contributed by atoms with Crippen molar-refractivity contribution in [1.29, 1.82) is 0 Å². The maximum Gasteiger partial charge on any atom is 0.0719 e. The number of aryl methyl sites for hydroxylation is 1. The minimum absolute atomic E-state index is 0.260. The van der Waals surface area contributed by atoms with Gasteiger partial charge in [0, 0.05) is 0 Å². The summed E-state index contributed by atoms with van der Waals surface area (Å²) in [5, 5.41) is 0. The van der Waals surface area contributed by atoms with Crippen LogP contribution in [0, 0.1) is 17.8 Å². The smallest absolute Gasteiger partial charge is 0.0719 e. The first-order valence-electron chi connectivity index (χ1n) is 8.07. The molecule has 0 atom stereocenters. The zero-order valence-corrected chi connectivity index (χ0v) is 13.7. The van der Waals surface area contributed by atoms with Gasteiger partial charge in [0.15, 0.2) is 0 Å². The van der Waals surface area contributed by atoms with Gasteiger partial charge in [0.2, 0.25) is 0 Å². The van der Waals surface area contributed by atoms with Crippen molar-refractivity contribution in [3.63, 3.8) is 0 Å². The molecule has 0 saturated heterocycles. The molecule has 1 heteroatoms. The lowest BCUT2D eigenvalue weighted by Gasteiger charge is -2.47. The Morgan fingerprint density at radius 1 is 1.10 bits per heavy atom. The van der Waals surface area contributed by atoms with Gasteiger partial charge in [-0.25, -0.2) is 0 Å². The molecule has 0 N–H and O–H groups in total. The quantitative estimate of drug-likeness (QED) is 0.688. The topological polar surface area (TPSA) is 9.23 Å². The third kappa shape index (κ3) is 3.44. The van der Waals surface area contributed by atoms with E-state index >= 15 is 0 Å². The van der Waals surface area contributed by atoms with Crippen molar-refractivity contribution in [2.75, 3.05) is 6.61 Å². The number of rotatable bonds is 5. The van der Waals surface area contributed by atoms with Gasteiger partial charge in [-0.3, -0.25) is 0 Å². The van der Waals surface area contributed by atoms with Crippen LogP contribution in [-0.4, -0.2) is 6.61 Å². The first-order valence-corrected chi connectivity index (χ1v) is 8.07. The highest BCUT2D eigenvalue weighted by atomic mass is 16.5. The van der Waals surface area contributed by atoms with E-state index in [-0.39, 0.29) is 5.41 Å². The molecule has 0 bridgehead atoms. The number of hydrogen-bond donors (Lipinski definition) is 0. The van der Waals surface area contributed by atoms with Gasteiger partial charge >= 0.3 is 0 Å². The lowest BCUT2D eigenvalue weighted by molar-refractivity contribution is -0.0423. The Hall–Kier alpha value is -0.820. The van der Waals surface area contributed by atoms with E-state index in [4.69, 9.17) is 4.74 Å². The summed E-state index contributed by atoms with van der Waals surface area (Å²) in [7, 11) is 0. The molecule has 0 unspecified atom stereocenters. The van der Waals surface area contributed by atoms with E-state index in [0.717, 1.165) is 13.2 Å².